The summed E-state index contributed by atoms with van der Waals surface area (Å²) in [6.07, 6.45) is 2.46. The molecule has 0 saturated carbocycles. The van der Waals surface area contributed by atoms with Gasteiger partial charge in [-0.2, -0.15) is 0 Å². The first-order valence-electron chi connectivity index (χ1n) is 5.30. The monoisotopic (exact) mass is 262 g/mol. The number of pyridine rings is 1. The molecule has 0 amide bonds. The van der Waals surface area contributed by atoms with Gasteiger partial charge in [0, 0.05) is 11.8 Å². The third-order valence-corrected chi connectivity index (χ3v) is 2.77. The van der Waals surface area contributed by atoms with Crippen LogP contribution in [0.1, 0.15) is 21.7 Å². The molecule has 0 aliphatic carbocycles. The Kier molecular flexibility index (Phi) is 2.99. The highest BCUT2D eigenvalue weighted by molar-refractivity contribution is 5.91. The van der Waals surface area contributed by atoms with E-state index in [2.05, 4.69) is 9.97 Å². The van der Waals surface area contributed by atoms with Crippen LogP contribution in [0, 0.1) is 24.0 Å². The molecule has 0 aliphatic rings. The first-order valence-corrected chi connectivity index (χ1v) is 5.30. The molecule has 0 spiro atoms. The average molecular weight is 262 g/mol. The summed E-state index contributed by atoms with van der Waals surface area (Å²) in [4.78, 5) is 29.1. The highest BCUT2D eigenvalue weighted by Gasteiger charge is 2.20. The van der Waals surface area contributed by atoms with E-state index in [0.29, 0.717) is 0 Å². The van der Waals surface area contributed by atoms with Gasteiger partial charge < -0.3 is 5.11 Å². The number of aryl methyl sites for hydroxylation is 1. The van der Waals surface area contributed by atoms with E-state index in [4.69, 9.17) is 5.11 Å². The number of nitro groups is 1. The van der Waals surface area contributed by atoms with Crippen molar-refractivity contribution in [2.45, 2.75) is 13.8 Å². The maximum absolute atomic E-state index is 11.2. The topological polar surface area (TPSA) is 111 Å². The van der Waals surface area contributed by atoms with Gasteiger partial charge >= 0.3 is 5.97 Å². The number of aromatic nitrogens is 3. The summed E-state index contributed by atoms with van der Waals surface area (Å²) in [5, 5.41) is 19.8. The van der Waals surface area contributed by atoms with E-state index in [1.165, 1.54) is 10.9 Å². The summed E-state index contributed by atoms with van der Waals surface area (Å²) < 4.78 is 1.49. The van der Waals surface area contributed by atoms with Crippen LogP contribution < -0.4 is 0 Å². The normalized spacial score (nSPS) is 10.4. The molecule has 0 unspecified atom stereocenters. The van der Waals surface area contributed by atoms with Gasteiger partial charge in [-0.3, -0.25) is 14.7 Å². The summed E-state index contributed by atoms with van der Waals surface area (Å²) in [7, 11) is 0. The Labute approximate surface area is 107 Å². The molecule has 2 aromatic rings. The van der Waals surface area contributed by atoms with Crippen LogP contribution in [0.2, 0.25) is 0 Å². The second-order valence-electron chi connectivity index (χ2n) is 3.91. The van der Waals surface area contributed by atoms with Gasteiger partial charge in [-0.05, 0) is 13.8 Å². The van der Waals surface area contributed by atoms with Crippen LogP contribution in [-0.4, -0.2) is 30.5 Å². The van der Waals surface area contributed by atoms with E-state index in [-0.39, 0.29) is 17.1 Å². The van der Waals surface area contributed by atoms with Gasteiger partial charge in [0.05, 0.1) is 10.6 Å². The lowest BCUT2D eigenvalue weighted by molar-refractivity contribution is -0.385. The molecule has 98 valence electrons. The van der Waals surface area contributed by atoms with Gasteiger partial charge in [-0.15, -0.1) is 0 Å². The van der Waals surface area contributed by atoms with Gasteiger partial charge in [-0.1, -0.05) is 0 Å². The molecule has 2 aromatic heterocycles. The maximum Gasteiger partial charge on any atom is 0.339 e. The van der Waals surface area contributed by atoms with E-state index in [0.717, 1.165) is 23.7 Å². The fourth-order valence-corrected chi connectivity index (χ4v) is 1.61. The third kappa shape index (κ3) is 2.15. The van der Waals surface area contributed by atoms with Crippen LogP contribution in [0.15, 0.2) is 18.6 Å². The van der Waals surface area contributed by atoms with Crippen molar-refractivity contribution in [3.8, 4) is 5.82 Å². The number of carboxylic acids is 1. The molecular weight excluding hydrogens is 252 g/mol. The molecular formula is C11H10N4O4. The Morgan fingerprint density at radius 1 is 1.42 bits per heavy atom. The van der Waals surface area contributed by atoms with E-state index in [1.807, 2.05) is 0 Å². The van der Waals surface area contributed by atoms with Crippen LogP contribution in [0.4, 0.5) is 5.69 Å². The summed E-state index contributed by atoms with van der Waals surface area (Å²) in [5.74, 6) is -1.17. The van der Waals surface area contributed by atoms with Crippen LogP contribution >= 0.6 is 0 Å². The van der Waals surface area contributed by atoms with Crippen molar-refractivity contribution >= 4 is 11.7 Å². The fourth-order valence-electron chi connectivity index (χ4n) is 1.61. The van der Waals surface area contributed by atoms with Crippen LogP contribution in [0.5, 0.6) is 0 Å². The van der Waals surface area contributed by atoms with Crippen molar-refractivity contribution in [2.75, 3.05) is 0 Å². The van der Waals surface area contributed by atoms with Gasteiger partial charge in [0.15, 0.2) is 5.82 Å². The van der Waals surface area contributed by atoms with Crippen molar-refractivity contribution in [1.29, 1.82) is 0 Å². The van der Waals surface area contributed by atoms with Crippen molar-refractivity contribution < 1.29 is 14.8 Å². The van der Waals surface area contributed by atoms with Crippen LogP contribution in [-0.2, 0) is 0 Å². The predicted octanol–water partition coefficient (Wildman–Crippen LogP) is 1.49. The number of carboxylic acid groups (broad SMARTS) is 1. The Hall–Kier alpha value is -2.77. The van der Waals surface area contributed by atoms with Crippen molar-refractivity contribution in [3.05, 3.63) is 45.7 Å². The lowest BCUT2D eigenvalue weighted by Crippen LogP contribution is -2.09. The van der Waals surface area contributed by atoms with Crippen LogP contribution in [0.25, 0.3) is 5.82 Å². The largest absolute Gasteiger partial charge is 0.478 e. The van der Waals surface area contributed by atoms with E-state index >= 15 is 0 Å². The minimum Gasteiger partial charge on any atom is -0.478 e. The number of rotatable bonds is 3. The molecule has 1 N–H and O–H groups in total. The van der Waals surface area contributed by atoms with Gasteiger partial charge in [-0.25, -0.2) is 14.8 Å². The summed E-state index contributed by atoms with van der Waals surface area (Å²) >= 11 is 0. The summed E-state index contributed by atoms with van der Waals surface area (Å²) in [6.45, 7) is 3.54. The molecule has 8 heteroatoms. The van der Waals surface area contributed by atoms with Gasteiger partial charge in [0.25, 0.3) is 5.69 Å². The minimum absolute atomic E-state index is 0.108. The van der Waals surface area contributed by atoms with Gasteiger partial charge in [0.1, 0.15) is 18.1 Å². The van der Waals surface area contributed by atoms with Gasteiger partial charge in [0.2, 0.25) is 0 Å². The van der Waals surface area contributed by atoms with Crippen molar-refractivity contribution in [2.24, 2.45) is 0 Å². The molecule has 0 saturated heterocycles. The number of hydrogen-bond donors (Lipinski definition) is 1. The first kappa shape index (κ1) is 12.7. The second-order valence-corrected chi connectivity index (χ2v) is 3.91. The standard InChI is InChI=1S/C11H10N4O4/c1-6-7(2)14(5-13-6)10-9(11(16)17)3-8(4-12-10)15(18)19/h3-5H,1-2H3,(H,16,17). The Bertz CT molecular complexity index is 677. The fraction of sp³-hybridized carbons (Fsp3) is 0.182. The lowest BCUT2D eigenvalue weighted by atomic mass is 10.2. The summed E-state index contributed by atoms with van der Waals surface area (Å²) in [6, 6.07) is 0.986. The lowest BCUT2D eigenvalue weighted by Gasteiger charge is -2.07. The SMILES string of the molecule is Cc1ncn(-c2ncc([N+](=O)[O-])cc2C(=O)O)c1C. The Morgan fingerprint density at radius 2 is 2.11 bits per heavy atom. The molecule has 2 rings (SSSR count). The zero-order valence-corrected chi connectivity index (χ0v) is 10.2. The van der Waals surface area contributed by atoms with E-state index < -0.39 is 10.9 Å². The summed E-state index contributed by atoms with van der Waals surface area (Å²) in [5.41, 5.74) is 0.852. The molecule has 0 atom stereocenters. The van der Waals surface area contributed by atoms with E-state index in [9.17, 15) is 14.9 Å². The predicted molar refractivity (Wildman–Crippen MR) is 64.4 cm³/mol. The highest BCUT2D eigenvalue weighted by Crippen LogP contribution is 2.20. The molecule has 19 heavy (non-hydrogen) atoms. The zero-order chi connectivity index (χ0) is 14.2. The molecule has 0 aliphatic heterocycles. The minimum atomic E-state index is -1.28. The Morgan fingerprint density at radius 3 is 2.58 bits per heavy atom. The Balaban J connectivity index is 2.67. The molecule has 2 heterocycles. The number of nitrogens with zero attached hydrogens (tertiary/aromatic N) is 4. The molecule has 0 aromatic carbocycles. The first-order chi connectivity index (χ1) is 8.91. The third-order valence-electron chi connectivity index (χ3n) is 2.77. The molecule has 8 nitrogen and oxygen atoms in total. The molecule has 0 fully saturated rings. The molecule has 0 bridgehead atoms. The molecule has 0 radical (unpaired) electrons. The number of carbonyl (C=O) groups is 1. The van der Waals surface area contributed by atoms with Crippen molar-refractivity contribution in [3.63, 3.8) is 0 Å². The smallest absolute Gasteiger partial charge is 0.339 e. The second kappa shape index (κ2) is 4.48. The van der Waals surface area contributed by atoms with Crippen molar-refractivity contribution in [1.82, 2.24) is 14.5 Å². The zero-order valence-electron chi connectivity index (χ0n) is 10.2. The average Bonchev–Trinajstić information content (AvgIpc) is 2.69. The number of aromatic carboxylic acids is 1. The van der Waals surface area contributed by atoms with E-state index in [1.54, 1.807) is 13.8 Å². The maximum atomic E-state index is 11.2. The number of hydrogen-bond acceptors (Lipinski definition) is 5. The number of imidazole rings is 1. The highest BCUT2D eigenvalue weighted by atomic mass is 16.6. The quantitative estimate of drug-likeness (QED) is 0.662. The van der Waals surface area contributed by atoms with Crippen LogP contribution in [0.3, 0.4) is 0 Å².